The Kier molecular flexibility index (Phi) is 3.95. The lowest BCUT2D eigenvalue weighted by molar-refractivity contribution is -0.144. The van der Waals surface area contributed by atoms with Gasteiger partial charge in [-0.2, -0.15) is 0 Å². The van der Waals surface area contributed by atoms with E-state index in [1.54, 1.807) is 0 Å². The van der Waals surface area contributed by atoms with E-state index >= 15 is 0 Å². The molecule has 5 heteroatoms. The van der Waals surface area contributed by atoms with Gasteiger partial charge >= 0.3 is 0 Å². The number of rotatable bonds is 5. The van der Waals surface area contributed by atoms with E-state index in [4.69, 9.17) is 0 Å². The number of hydrogen-bond acceptors (Lipinski definition) is 4. The standard InChI is InChI=1S/C11H16N2O3/c1-7(2)12-6-9(8(3)14)13-10(15)4-5-11(13)16/h4-5,7,9,12H,6H2,1-3H3. The first kappa shape index (κ1) is 12.6. The first-order valence-electron chi connectivity index (χ1n) is 5.22. The third-order valence-corrected chi connectivity index (χ3v) is 2.34. The molecule has 0 saturated carbocycles. The predicted molar refractivity (Wildman–Crippen MR) is 58.6 cm³/mol. The number of ketones is 1. The summed E-state index contributed by atoms with van der Waals surface area (Å²) < 4.78 is 0. The molecular weight excluding hydrogens is 208 g/mol. The van der Waals surface area contributed by atoms with Gasteiger partial charge in [0, 0.05) is 24.7 Å². The Morgan fingerprint density at radius 1 is 1.31 bits per heavy atom. The molecule has 88 valence electrons. The zero-order chi connectivity index (χ0) is 12.3. The molecule has 1 N–H and O–H groups in total. The Morgan fingerprint density at radius 3 is 2.19 bits per heavy atom. The summed E-state index contributed by atoms with van der Waals surface area (Å²) in [7, 11) is 0. The molecule has 0 aromatic carbocycles. The van der Waals surface area contributed by atoms with Crippen molar-refractivity contribution in [3.05, 3.63) is 12.2 Å². The number of hydrogen-bond donors (Lipinski definition) is 1. The van der Waals surface area contributed by atoms with Gasteiger partial charge in [-0.3, -0.25) is 19.3 Å². The fraction of sp³-hybridized carbons (Fsp3) is 0.545. The van der Waals surface area contributed by atoms with Crippen LogP contribution in [0.25, 0.3) is 0 Å². The molecule has 0 spiro atoms. The third-order valence-electron chi connectivity index (χ3n) is 2.34. The van der Waals surface area contributed by atoms with Gasteiger partial charge in [0.25, 0.3) is 11.8 Å². The molecule has 1 rings (SSSR count). The number of nitrogens with one attached hydrogen (secondary N) is 1. The summed E-state index contributed by atoms with van der Waals surface area (Å²) in [6, 6.07) is -0.514. The van der Waals surface area contributed by atoms with E-state index in [-0.39, 0.29) is 11.8 Å². The van der Waals surface area contributed by atoms with Crippen molar-refractivity contribution in [2.45, 2.75) is 32.9 Å². The lowest BCUT2D eigenvalue weighted by Gasteiger charge is -2.25. The summed E-state index contributed by atoms with van der Waals surface area (Å²) >= 11 is 0. The van der Waals surface area contributed by atoms with Gasteiger partial charge in [-0.25, -0.2) is 0 Å². The lowest BCUT2D eigenvalue weighted by atomic mass is 10.1. The molecule has 5 nitrogen and oxygen atoms in total. The highest BCUT2D eigenvalue weighted by Gasteiger charge is 2.33. The average Bonchev–Trinajstić information content (AvgIpc) is 2.48. The van der Waals surface area contributed by atoms with Gasteiger partial charge in [0.15, 0.2) is 5.78 Å². The molecule has 0 radical (unpaired) electrons. The number of amides is 2. The number of imide groups is 1. The fourth-order valence-corrected chi connectivity index (χ4v) is 1.48. The first-order chi connectivity index (χ1) is 7.43. The lowest BCUT2D eigenvalue weighted by Crippen LogP contribution is -2.50. The summed E-state index contributed by atoms with van der Waals surface area (Å²) in [5, 5.41) is 3.05. The summed E-state index contributed by atoms with van der Waals surface area (Å²) in [5.41, 5.74) is 0. The zero-order valence-electron chi connectivity index (χ0n) is 9.69. The number of carbonyl (C=O) groups excluding carboxylic acids is 3. The van der Waals surface area contributed by atoms with Crippen molar-refractivity contribution in [2.24, 2.45) is 0 Å². The Labute approximate surface area is 94.5 Å². The SMILES string of the molecule is CC(=O)C(CNC(C)C)N1C(=O)C=CC1=O. The Bertz CT molecular complexity index is 329. The second-order valence-corrected chi connectivity index (χ2v) is 4.07. The van der Waals surface area contributed by atoms with Crippen molar-refractivity contribution in [1.82, 2.24) is 10.2 Å². The van der Waals surface area contributed by atoms with E-state index in [0.717, 1.165) is 4.90 Å². The van der Waals surface area contributed by atoms with E-state index in [9.17, 15) is 14.4 Å². The molecule has 1 atom stereocenters. The number of nitrogens with zero attached hydrogens (tertiary/aromatic N) is 1. The fourth-order valence-electron chi connectivity index (χ4n) is 1.48. The molecule has 0 aromatic rings. The molecule has 1 unspecified atom stereocenters. The van der Waals surface area contributed by atoms with Crippen LogP contribution in [-0.4, -0.2) is 41.1 Å². The molecule has 1 heterocycles. The van der Waals surface area contributed by atoms with Crippen molar-refractivity contribution < 1.29 is 14.4 Å². The summed E-state index contributed by atoms with van der Waals surface area (Å²) in [6.45, 7) is 5.55. The molecule has 0 saturated heterocycles. The van der Waals surface area contributed by atoms with Crippen LogP contribution in [0.15, 0.2) is 12.2 Å². The van der Waals surface area contributed by atoms with Gasteiger partial charge in [-0.1, -0.05) is 13.8 Å². The van der Waals surface area contributed by atoms with E-state index in [2.05, 4.69) is 5.32 Å². The summed E-state index contributed by atoms with van der Waals surface area (Å²) in [6.07, 6.45) is 2.38. The Hall–Kier alpha value is -1.49. The topological polar surface area (TPSA) is 66.5 Å². The normalized spacial score (nSPS) is 17.4. The molecule has 0 aliphatic carbocycles. The van der Waals surface area contributed by atoms with Crippen molar-refractivity contribution in [3.63, 3.8) is 0 Å². The third kappa shape index (κ3) is 2.76. The summed E-state index contributed by atoms with van der Waals surface area (Å²) in [5.74, 6) is -1.04. The Morgan fingerprint density at radius 2 is 1.81 bits per heavy atom. The van der Waals surface area contributed by atoms with Crippen LogP contribution in [0, 0.1) is 0 Å². The molecule has 1 aliphatic heterocycles. The van der Waals surface area contributed by atoms with Crippen LogP contribution < -0.4 is 5.32 Å². The van der Waals surface area contributed by atoms with Gasteiger partial charge in [0.05, 0.1) is 0 Å². The maximum absolute atomic E-state index is 11.4. The molecule has 0 fully saturated rings. The second-order valence-electron chi connectivity index (χ2n) is 4.07. The molecule has 0 aromatic heterocycles. The van der Waals surface area contributed by atoms with E-state index < -0.39 is 17.9 Å². The van der Waals surface area contributed by atoms with E-state index in [1.807, 2.05) is 13.8 Å². The van der Waals surface area contributed by atoms with Crippen LogP contribution in [0.5, 0.6) is 0 Å². The highest BCUT2D eigenvalue weighted by atomic mass is 16.2. The zero-order valence-corrected chi connectivity index (χ0v) is 9.69. The predicted octanol–water partition coefficient (Wildman–Crippen LogP) is -0.133. The molecule has 16 heavy (non-hydrogen) atoms. The molecular formula is C11H16N2O3. The number of Topliss-reactive ketones (excluding diaryl/α,β-unsaturated/α-hetero) is 1. The van der Waals surface area contributed by atoms with Crippen LogP contribution in [0.3, 0.4) is 0 Å². The van der Waals surface area contributed by atoms with Crippen molar-refractivity contribution in [1.29, 1.82) is 0 Å². The van der Waals surface area contributed by atoms with Crippen LogP contribution in [0.4, 0.5) is 0 Å². The van der Waals surface area contributed by atoms with Gasteiger partial charge < -0.3 is 5.32 Å². The largest absolute Gasteiger partial charge is 0.312 e. The van der Waals surface area contributed by atoms with E-state index in [0.29, 0.717) is 6.54 Å². The minimum atomic E-state index is -0.711. The van der Waals surface area contributed by atoms with E-state index in [1.165, 1.54) is 19.1 Å². The monoisotopic (exact) mass is 224 g/mol. The molecule has 0 bridgehead atoms. The Balaban J connectivity index is 2.74. The molecule has 1 aliphatic rings. The minimum absolute atomic E-state index is 0.196. The van der Waals surface area contributed by atoms with Crippen LogP contribution in [-0.2, 0) is 14.4 Å². The van der Waals surface area contributed by atoms with Gasteiger partial charge in [-0.15, -0.1) is 0 Å². The first-order valence-corrected chi connectivity index (χ1v) is 5.22. The maximum Gasteiger partial charge on any atom is 0.254 e. The minimum Gasteiger partial charge on any atom is -0.312 e. The quantitative estimate of drug-likeness (QED) is 0.660. The van der Waals surface area contributed by atoms with Crippen LogP contribution >= 0.6 is 0 Å². The maximum atomic E-state index is 11.4. The van der Waals surface area contributed by atoms with Gasteiger partial charge in [-0.05, 0) is 6.92 Å². The average molecular weight is 224 g/mol. The summed E-state index contributed by atoms with van der Waals surface area (Å²) in [4.78, 5) is 35.2. The number of carbonyl (C=O) groups is 3. The highest BCUT2D eigenvalue weighted by molar-refractivity contribution is 6.15. The van der Waals surface area contributed by atoms with Crippen LogP contribution in [0.2, 0.25) is 0 Å². The second kappa shape index (κ2) is 5.03. The highest BCUT2D eigenvalue weighted by Crippen LogP contribution is 2.09. The van der Waals surface area contributed by atoms with Gasteiger partial charge in [0.2, 0.25) is 0 Å². The van der Waals surface area contributed by atoms with Crippen LogP contribution in [0.1, 0.15) is 20.8 Å². The van der Waals surface area contributed by atoms with Gasteiger partial charge in [0.1, 0.15) is 6.04 Å². The smallest absolute Gasteiger partial charge is 0.254 e. The van der Waals surface area contributed by atoms with Crippen molar-refractivity contribution >= 4 is 17.6 Å². The van der Waals surface area contributed by atoms with Crippen molar-refractivity contribution in [2.75, 3.05) is 6.54 Å². The molecule has 2 amide bonds. The van der Waals surface area contributed by atoms with Crippen molar-refractivity contribution in [3.8, 4) is 0 Å².